The molecule has 190 valence electrons. The summed E-state index contributed by atoms with van der Waals surface area (Å²) >= 11 is 0. The first-order valence-electron chi connectivity index (χ1n) is 10.8. The zero-order valence-corrected chi connectivity index (χ0v) is 19.9. The number of hydrogen-bond donors (Lipinski definition) is 8. The number of carboxylic acids is 1. The Balaban J connectivity index is 5.52. The van der Waals surface area contributed by atoms with Crippen molar-refractivity contribution in [3.8, 4) is 0 Å². The number of carbonyl (C=O) groups excluding carboxylic acids is 3. The van der Waals surface area contributed by atoms with E-state index in [2.05, 4.69) is 20.9 Å². The summed E-state index contributed by atoms with van der Waals surface area (Å²) in [5, 5.41) is 26.4. The predicted molar refractivity (Wildman–Crippen MR) is 123 cm³/mol. The Labute approximate surface area is 193 Å². The van der Waals surface area contributed by atoms with Gasteiger partial charge < -0.3 is 43.4 Å². The number of carbonyl (C=O) groups is 4. The number of aliphatic imine (C=N–C) groups is 1. The van der Waals surface area contributed by atoms with E-state index < -0.39 is 54.0 Å². The van der Waals surface area contributed by atoms with Crippen LogP contribution in [0.2, 0.25) is 0 Å². The fourth-order valence-electron chi connectivity index (χ4n) is 2.80. The van der Waals surface area contributed by atoms with Gasteiger partial charge in [-0.2, -0.15) is 0 Å². The highest BCUT2D eigenvalue weighted by molar-refractivity contribution is 5.94. The molecule has 0 saturated heterocycles. The summed E-state index contributed by atoms with van der Waals surface area (Å²) < 4.78 is 0. The van der Waals surface area contributed by atoms with Crippen molar-refractivity contribution in [2.75, 3.05) is 6.54 Å². The van der Waals surface area contributed by atoms with Crippen LogP contribution in [0.5, 0.6) is 0 Å². The van der Waals surface area contributed by atoms with E-state index in [-0.39, 0.29) is 30.8 Å². The van der Waals surface area contributed by atoms with E-state index in [1.54, 1.807) is 27.7 Å². The maximum Gasteiger partial charge on any atom is 0.326 e. The Morgan fingerprint density at radius 1 is 0.848 bits per heavy atom. The second-order valence-corrected chi connectivity index (χ2v) is 8.58. The zero-order valence-electron chi connectivity index (χ0n) is 19.9. The lowest BCUT2D eigenvalue weighted by atomic mass is 9.99. The van der Waals surface area contributed by atoms with Gasteiger partial charge in [0.05, 0.1) is 6.10 Å². The quantitative estimate of drug-likeness (QED) is 0.0761. The Morgan fingerprint density at radius 2 is 1.36 bits per heavy atom. The third-order valence-corrected chi connectivity index (χ3v) is 4.88. The number of amides is 3. The maximum atomic E-state index is 13.0. The smallest absolute Gasteiger partial charge is 0.326 e. The average Bonchev–Trinajstić information content (AvgIpc) is 2.70. The molecule has 0 heterocycles. The van der Waals surface area contributed by atoms with Crippen LogP contribution in [0.15, 0.2) is 4.99 Å². The van der Waals surface area contributed by atoms with Gasteiger partial charge in [-0.1, -0.05) is 27.7 Å². The predicted octanol–water partition coefficient (Wildman–Crippen LogP) is -2.40. The molecule has 0 aliphatic rings. The molecule has 0 aromatic rings. The van der Waals surface area contributed by atoms with E-state index in [1.165, 1.54) is 6.92 Å². The number of aliphatic hydroxyl groups is 1. The maximum absolute atomic E-state index is 13.0. The van der Waals surface area contributed by atoms with Crippen LogP contribution >= 0.6 is 0 Å². The standard InChI is InChI=1S/C20H39N7O6/c1-9(2)14(18(31)27-15(10(3)4)19(32)33)26-16(29)12(7-6-8-24-20(22)23)25-17(30)13(21)11(5)28/h9-15,28H,6-8,21H2,1-5H3,(H,25,30)(H,26,29)(H,27,31)(H,32,33)(H4,22,23,24). The molecule has 33 heavy (non-hydrogen) atoms. The molecule has 0 aliphatic carbocycles. The number of nitrogens with one attached hydrogen (secondary N) is 3. The van der Waals surface area contributed by atoms with Gasteiger partial charge >= 0.3 is 5.97 Å². The van der Waals surface area contributed by atoms with Crippen LogP contribution in [0.3, 0.4) is 0 Å². The third-order valence-electron chi connectivity index (χ3n) is 4.88. The monoisotopic (exact) mass is 473 g/mol. The van der Waals surface area contributed by atoms with Gasteiger partial charge in [-0.25, -0.2) is 4.79 Å². The molecule has 3 amide bonds. The largest absolute Gasteiger partial charge is 0.480 e. The van der Waals surface area contributed by atoms with Crippen LogP contribution in [0, 0.1) is 11.8 Å². The number of aliphatic carboxylic acids is 1. The molecular weight excluding hydrogens is 434 g/mol. The highest BCUT2D eigenvalue weighted by atomic mass is 16.4. The number of guanidine groups is 1. The van der Waals surface area contributed by atoms with Gasteiger partial charge in [-0.15, -0.1) is 0 Å². The minimum Gasteiger partial charge on any atom is -0.480 e. The summed E-state index contributed by atoms with van der Waals surface area (Å²) in [6, 6.07) is -4.54. The fourth-order valence-corrected chi connectivity index (χ4v) is 2.80. The molecule has 5 unspecified atom stereocenters. The zero-order chi connectivity index (χ0) is 25.9. The van der Waals surface area contributed by atoms with E-state index in [9.17, 15) is 29.4 Å². The highest BCUT2D eigenvalue weighted by Gasteiger charge is 2.33. The second kappa shape index (κ2) is 14.3. The number of nitrogens with two attached hydrogens (primary N) is 3. The van der Waals surface area contributed by atoms with Crippen molar-refractivity contribution in [1.29, 1.82) is 0 Å². The van der Waals surface area contributed by atoms with Gasteiger partial charge in [0.15, 0.2) is 5.96 Å². The second-order valence-electron chi connectivity index (χ2n) is 8.58. The van der Waals surface area contributed by atoms with E-state index >= 15 is 0 Å². The van der Waals surface area contributed by atoms with E-state index in [0.717, 1.165) is 0 Å². The summed E-state index contributed by atoms with van der Waals surface area (Å²) in [5.41, 5.74) is 16.2. The van der Waals surface area contributed by atoms with Crippen molar-refractivity contribution < 1.29 is 29.4 Å². The van der Waals surface area contributed by atoms with Crippen LogP contribution in [0.1, 0.15) is 47.5 Å². The summed E-state index contributed by atoms with van der Waals surface area (Å²) in [6.07, 6.45) is -0.696. The van der Waals surface area contributed by atoms with Gasteiger partial charge in [0.25, 0.3) is 0 Å². The molecule has 0 saturated carbocycles. The van der Waals surface area contributed by atoms with Crippen LogP contribution in [-0.4, -0.2) is 76.7 Å². The summed E-state index contributed by atoms with van der Waals surface area (Å²) in [6.45, 7) is 8.21. The molecule has 0 radical (unpaired) electrons. The molecule has 13 heteroatoms. The Kier molecular flexibility index (Phi) is 13.0. The van der Waals surface area contributed by atoms with Crippen molar-refractivity contribution in [1.82, 2.24) is 16.0 Å². The Hall–Kier alpha value is -2.93. The van der Waals surface area contributed by atoms with Gasteiger partial charge in [-0.05, 0) is 31.6 Å². The van der Waals surface area contributed by atoms with Gasteiger partial charge in [0.1, 0.15) is 24.2 Å². The lowest BCUT2D eigenvalue weighted by Crippen LogP contribution is -2.59. The molecule has 5 atom stereocenters. The molecular formula is C20H39N7O6. The Bertz CT molecular complexity index is 707. The first-order chi connectivity index (χ1) is 15.2. The minimum absolute atomic E-state index is 0.120. The number of nitrogens with zero attached hydrogens (tertiary/aromatic N) is 1. The average molecular weight is 474 g/mol. The molecule has 0 spiro atoms. The highest BCUT2D eigenvalue weighted by Crippen LogP contribution is 2.08. The van der Waals surface area contributed by atoms with Crippen molar-refractivity contribution in [2.45, 2.75) is 77.7 Å². The number of hydrogen-bond acceptors (Lipinski definition) is 7. The van der Waals surface area contributed by atoms with Crippen LogP contribution in [0.4, 0.5) is 0 Å². The number of aliphatic hydroxyl groups excluding tert-OH is 1. The topological polar surface area (TPSA) is 235 Å². The third kappa shape index (κ3) is 11.0. The summed E-state index contributed by atoms with van der Waals surface area (Å²) in [7, 11) is 0. The fraction of sp³-hybridized carbons (Fsp3) is 0.750. The molecule has 0 aromatic heterocycles. The van der Waals surface area contributed by atoms with E-state index in [4.69, 9.17) is 17.2 Å². The molecule has 11 N–H and O–H groups in total. The lowest BCUT2D eigenvalue weighted by molar-refractivity contribution is -0.144. The minimum atomic E-state index is -1.26. The van der Waals surface area contributed by atoms with Gasteiger partial charge in [0.2, 0.25) is 17.7 Å². The van der Waals surface area contributed by atoms with Crippen molar-refractivity contribution in [3.05, 3.63) is 0 Å². The summed E-state index contributed by atoms with van der Waals surface area (Å²) in [5.74, 6) is -4.15. The van der Waals surface area contributed by atoms with Crippen LogP contribution < -0.4 is 33.2 Å². The van der Waals surface area contributed by atoms with Crippen molar-refractivity contribution >= 4 is 29.7 Å². The molecule has 0 bridgehead atoms. The SMILES string of the molecule is CC(C)C(NC(=O)C(NC(=O)C(CCCN=C(N)N)NC(=O)C(N)C(C)O)C(C)C)C(=O)O. The normalized spacial score (nSPS) is 15.7. The number of rotatable bonds is 14. The van der Waals surface area contributed by atoms with E-state index in [0.29, 0.717) is 6.42 Å². The lowest BCUT2D eigenvalue weighted by Gasteiger charge is -2.28. The van der Waals surface area contributed by atoms with Crippen molar-refractivity contribution in [2.24, 2.45) is 34.0 Å². The first-order valence-corrected chi connectivity index (χ1v) is 10.8. The summed E-state index contributed by atoms with van der Waals surface area (Å²) in [4.78, 5) is 53.3. The molecule has 0 aromatic carbocycles. The Morgan fingerprint density at radius 3 is 1.79 bits per heavy atom. The van der Waals surface area contributed by atoms with Crippen molar-refractivity contribution in [3.63, 3.8) is 0 Å². The molecule has 0 fully saturated rings. The first kappa shape index (κ1) is 30.1. The molecule has 0 aliphatic heterocycles. The van der Waals surface area contributed by atoms with Crippen LogP contribution in [-0.2, 0) is 19.2 Å². The molecule has 13 nitrogen and oxygen atoms in total. The molecule has 0 rings (SSSR count). The van der Waals surface area contributed by atoms with E-state index in [1.807, 2.05) is 0 Å². The van der Waals surface area contributed by atoms with Gasteiger partial charge in [0, 0.05) is 6.54 Å². The van der Waals surface area contributed by atoms with Gasteiger partial charge in [-0.3, -0.25) is 19.4 Å². The van der Waals surface area contributed by atoms with Crippen LogP contribution in [0.25, 0.3) is 0 Å². The number of carboxylic acid groups (broad SMARTS) is 1.